The minimum atomic E-state index is -3.69. The molecule has 7 nitrogen and oxygen atoms in total. The first-order chi connectivity index (χ1) is 15.3. The van der Waals surface area contributed by atoms with Crippen molar-refractivity contribution in [2.45, 2.75) is 13.0 Å². The Morgan fingerprint density at radius 2 is 1.75 bits per heavy atom. The van der Waals surface area contributed by atoms with E-state index >= 15 is 0 Å². The number of hydrogen-bond donors (Lipinski definition) is 1. The number of carbonyl (C=O) groups excluding carboxylic acids is 2. The predicted octanol–water partition coefficient (Wildman–Crippen LogP) is 4.24. The third-order valence-electron chi connectivity index (χ3n) is 4.85. The Labute approximate surface area is 190 Å². The number of benzene rings is 3. The molecule has 3 aromatic rings. The molecule has 2 amide bonds. The molecule has 1 aliphatic heterocycles. The summed E-state index contributed by atoms with van der Waals surface area (Å²) in [5, 5.41) is 3.41. The average Bonchev–Trinajstić information content (AvgIpc) is 3.06. The molecule has 3 aromatic carbocycles. The van der Waals surface area contributed by atoms with E-state index in [2.05, 4.69) is 5.32 Å². The van der Waals surface area contributed by atoms with Crippen LogP contribution in [0.2, 0.25) is 5.02 Å². The maximum atomic E-state index is 12.6. The summed E-state index contributed by atoms with van der Waals surface area (Å²) >= 11 is 5.87. The van der Waals surface area contributed by atoms with Gasteiger partial charge in [-0.05, 0) is 60.2 Å². The number of anilines is 2. The van der Waals surface area contributed by atoms with Crippen molar-refractivity contribution in [1.29, 1.82) is 0 Å². The van der Waals surface area contributed by atoms with Gasteiger partial charge in [0, 0.05) is 22.7 Å². The first-order valence-corrected chi connectivity index (χ1v) is 11.8. The third-order valence-corrected chi connectivity index (χ3v) is 6.80. The molecule has 32 heavy (non-hydrogen) atoms. The zero-order valence-corrected chi connectivity index (χ0v) is 18.4. The number of rotatable bonds is 6. The van der Waals surface area contributed by atoms with Gasteiger partial charge in [0.05, 0.1) is 11.4 Å². The Morgan fingerprint density at radius 1 is 1.03 bits per heavy atom. The Kier molecular flexibility index (Phi) is 6.16. The fraction of sp³-hybridized carbons (Fsp3) is 0.130. The van der Waals surface area contributed by atoms with Crippen molar-refractivity contribution < 1.29 is 22.7 Å². The molecule has 1 saturated heterocycles. The molecule has 164 valence electrons. The summed E-state index contributed by atoms with van der Waals surface area (Å²) < 4.78 is 30.7. The van der Waals surface area contributed by atoms with Crippen LogP contribution in [0.25, 0.3) is 0 Å². The number of sulfonamides is 1. The van der Waals surface area contributed by atoms with Crippen LogP contribution < -0.4 is 14.4 Å². The van der Waals surface area contributed by atoms with E-state index in [0.717, 1.165) is 9.87 Å². The van der Waals surface area contributed by atoms with Gasteiger partial charge in [-0.2, -0.15) is 0 Å². The van der Waals surface area contributed by atoms with Crippen molar-refractivity contribution in [3.05, 3.63) is 88.9 Å². The number of amides is 2. The summed E-state index contributed by atoms with van der Waals surface area (Å²) in [5.41, 5.74) is 1.92. The van der Waals surface area contributed by atoms with E-state index in [-0.39, 0.29) is 23.4 Å². The van der Waals surface area contributed by atoms with Crippen LogP contribution in [0.5, 0.6) is 5.75 Å². The predicted molar refractivity (Wildman–Crippen MR) is 123 cm³/mol. The number of nitrogens with one attached hydrogen (secondary N) is 1. The van der Waals surface area contributed by atoms with Crippen molar-refractivity contribution in [1.82, 2.24) is 0 Å². The second-order valence-corrected chi connectivity index (χ2v) is 9.54. The van der Waals surface area contributed by atoms with Gasteiger partial charge in [-0.1, -0.05) is 29.8 Å². The molecule has 0 spiro atoms. The van der Waals surface area contributed by atoms with Gasteiger partial charge in [0.2, 0.25) is 15.9 Å². The van der Waals surface area contributed by atoms with Crippen molar-refractivity contribution in [2.24, 2.45) is 0 Å². The lowest BCUT2D eigenvalue weighted by Gasteiger charge is -2.16. The summed E-state index contributed by atoms with van der Waals surface area (Å²) in [6.45, 7) is 0.383. The molecule has 1 aliphatic rings. The minimum absolute atomic E-state index is 0.0643. The molecule has 0 radical (unpaired) electrons. The summed E-state index contributed by atoms with van der Waals surface area (Å²) in [5.74, 6) is -0.519. The van der Waals surface area contributed by atoms with Gasteiger partial charge in [-0.3, -0.25) is 9.59 Å². The standard InChI is InChI=1S/C23H19ClN2O5S/c24-18-6-4-16(5-7-18)15-31-21-10-8-19(9-11-21)25-23(28)17-2-1-3-20(14-17)26-22(27)12-13-32(26,29)30/h1-11,14H,12-13,15H2,(H,25,28). The summed E-state index contributed by atoms with van der Waals surface area (Å²) in [6, 6.07) is 20.2. The van der Waals surface area contributed by atoms with Gasteiger partial charge in [-0.25, -0.2) is 12.7 Å². The third kappa shape index (κ3) is 4.92. The molecular weight excluding hydrogens is 452 g/mol. The highest BCUT2D eigenvalue weighted by Crippen LogP contribution is 2.26. The summed E-state index contributed by atoms with van der Waals surface area (Å²) in [7, 11) is -3.69. The van der Waals surface area contributed by atoms with Crippen molar-refractivity contribution in [3.63, 3.8) is 0 Å². The number of halogens is 1. The molecule has 9 heteroatoms. The highest BCUT2D eigenvalue weighted by Gasteiger charge is 2.36. The smallest absolute Gasteiger partial charge is 0.255 e. The van der Waals surface area contributed by atoms with Gasteiger partial charge in [0.1, 0.15) is 12.4 Å². The first-order valence-electron chi connectivity index (χ1n) is 9.76. The topological polar surface area (TPSA) is 92.8 Å². The minimum Gasteiger partial charge on any atom is -0.489 e. The Morgan fingerprint density at radius 3 is 2.41 bits per heavy atom. The number of nitrogens with zero attached hydrogens (tertiary/aromatic N) is 1. The fourth-order valence-corrected chi connectivity index (χ4v) is 4.80. The van der Waals surface area contributed by atoms with Crippen LogP contribution in [0.1, 0.15) is 22.3 Å². The van der Waals surface area contributed by atoms with Crippen molar-refractivity contribution >= 4 is 44.8 Å². The van der Waals surface area contributed by atoms with Crippen LogP contribution in [-0.4, -0.2) is 26.0 Å². The van der Waals surface area contributed by atoms with E-state index in [1.807, 2.05) is 12.1 Å². The van der Waals surface area contributed by atoms with Gasteiger partial charge < -0.3 is 10.1 Å². The SMILES string of the molecule is O=C(Nc1ccc(OCc2ccc(Cl)cc2)cc1)c1cccc(N2C(=O)CCS2(=O)=O)c1. The van der Waals surface area contributed by atoms with E-state index in [0.29, 0.717) is 23.1 Å². The highest BCUT2D eigenvalue weighted by atomic mass is 35.5. The normalized spacial score (nSPS) is 14.9. The zero-order valence-electron chi connectivity index (χ0n) is 16.8. The van der Waals surface area contributed by atoms with Gasteiger partial charge >= 0.3 is 0 Å². The van der Waals surface area contributed by atoms with E-state index in [9.17, 15) is 18.0 Å². The fourth-order valence-electron chi connectivity index (χ4n) is 3.23. The second-order valence-electron chi connectivity index (χ2n) is 7.17. The lowest BCUT2D eigenvalue weighted by molar-refractivity contribution is -0.116. The van der Waals surface area contributed by atoms with E-state index in [1.165, 1.54) is 12.1 Å². The van der Waals surface area contributed by atoms with Crippen LogP contribution in [0.3, 0.4) is 0 Å². The van der Waals surface area contributed by atoms with Crippen LogP contribution in [-0.2, 0) is 21.4 Å². The monoisotopic (exact) mass is 470 g/mol. The Bertz CT molecular complexity index is 1260. The molecule has 0 aromatic heterocycles. The molecule has 0 saturated carbocycles. The summed E-state index contributed by atoms with van der Waals surface area (Å²) in [6.07, 6.45) is -0.0643. The molecule has 4 rings (SSSR count). The lowest BCUT2D eigenvalue weighted by Crippen LogP contribution is -2.29. The molecule has 1 N–H and O–H groups in total. The molecule has 1 fully saturated rings. The molecule has 0 aliphatic carbocycles. The maximum Gasteiger partial charge on any atom is 0.255 e. The van der Waals surface area contributed by atoms with Gasteiger partial charge in [-0.15, -0.1) is 0 Å². The zero-order chi connectivity index (χ0) is 22.7. The quantitative estimate of drug-likeness (QED) is 0.581. The summed E-state index contributed by atoms with van der Waals surface area (Å²) in [4.78, 5) is 24.6. The van der Waals surface area contributed by atoms with Crippen LogP contribution in [0.15, 0.2) is 72.8 Å². The number of ether oxygens (including phenoxy) is 1. The molecule has 0 bridgehead atoms. The Balaban J connectivity index is 1.41. The largest absolute Gasteiger partial charge is 0.489 e. The number of hydrogen-bond acceptors (Lipinski definition) is 5. The van der Waals surface area contributed by atoms with Crippen LogP contribution in [0.4, 0.5) is 11.4 Å². The van der Waals surface area contributed by atoms with Crippen LogP contribution >= 0.6 is 11.6 Å². The van der Waals surface area contributed by atoms with E-state index < -0.39 is 21.8 Å². The first kappa shape index (κ1) is 21.9. The van der Waals surface area contributed by atoms with E-state index in [1.54, 1.807) is 48.5 Å². The lowest BCUT2D eigenvalue weighted by atomic mass is 10.1. The van der Waals surface area contributed by atoms with E-state index in [4.69, 9.17) is 16.3 Å². The van der Waals surface area contributed by atoms with Crippen molar-refractivity contribution in [2.75, 3.05) is 15.4 Å². The second kappa shape index (κ2) is 9.02. The molecule has 0 atom stereocenters. The molecule has 0 unspecified atom stereocenters. The Hall–Kier alpha value is -3.36. The van der Waals surface area contributed by atoms with Gasteiger partial charge in [0.15, 0.2) is 0 Å². The average molecular weight is 471 g/mol. The highest BCUT2D eigenvalue weighted by molar-refractivity contribution is 7.94. The number of carbonyl (C=O) groups is 2. The van der Waals surface area contributed by atoms with Gasteiger partial charge in [0.25, 0.3) is 5.91 Å². The molecular formula is C23H19ClN2O5S. The van der Waals surface area contributed by atoms with Crippen molar-refractivity contribution in [3.8, 4) is 5.75 Å². The van der Waals surface area contributed by atoms with Crippen LogP contribution in [0, 0.1) is 0 Å². The maximum absolute atomic E-state index is 12.6. The molecule has 1 heterocycles.